The summed E-state index contributed by atoms with van der Waals surface area (Å²) < 4.78 is 24.3. The maximum atomic E-state index is 14.0. The molecular weight excluding hydrogens is 803 g/mol. The Balaban J connectivity index is 0.979. The van der Waals surface area contributed by atoms with Crippen LogP contribution in [0.3, 0.4) is 0 Å². The number of carbonyl (C=O) groups is 3. The highest BCUT2D eigenvalue weighted by molar-refractivity contribution is 7.81. The number of hydrogen-bond acceptors (Lipinski definition) is 10. The van der Waals surface area contributed by atoms with Gasteiger partial charge < -0.3 is 44.3 Å². The van der Waals surface area contributed by atoms with Crippen molar-refractivity contribution in [3.05, 3.63) is 124 Å². The number of methoxy groups -OCH3 is 2. The number of anilines is 5. The van der Waals surface area contributed by atoms with E-state index in [4.69, 9.17) is 18.9 Å². The molecule has 0 spiro atoms. The number of nitrogens with zero attached hydrogens (tertiary/aromatic N) is 3. The first-order valence-corrected chi connectivity index (χ1v) is 21.5. The molecule has 4 heterocycles. The Morgan fingerprint density at radius 1 is 0.710 bits per heavy atom. The molecule has 9 rings (SSSR count). The molecule has 5 aromatic rings. The lowest BCUT2D eigenvalue weighted by atomic mass is 10.1. The van der Waals surface area contributed by atoms with E-state index in [9.17, 15) is 14.4 Å². The second kappa shape index (κ2) is 16.5. The van der Waals surface area contributed by atoms with E-state index < -0.39 is 0 Å². The van der Waals surface area contributed by atoms with Gasteiger partial charge in [0.25, 0.3) is 11.8 Å². The lowest BCUT2D eigenvalue weighted by Crippen LogP contribution is -2.39. The topological polar surface area (TPSA) is 122 Å². The van der Waals surface area contributed by atoms with Gasteiger partial charge in [0.15, 0.2) is 23.0 Å². The van der Waals surface area contributed by atoms with Gasteiger partial charge in [-0.25, -0.2) is 0 Å². The molecule has 4 aliphatic heterocycles. The van der Waals surface area contributed by atoms with Crippen LogP contribution in [-0.2, 0) is 30.8 Å². The zero-order chi connectivity index (χ0) is 43.3. The monoisotopic (exact) mass is 853 g/mol. The maximum absolute atomic E-state index is 14.0. The van der Waals surface area contributed by atoms with Crippen LogP contribution in [0, 0.1) is 0 Å². The summed E-state index contributed by atoms with van der Waals surface area (Å²) in [5.41, 5.74) is 8.82. The van der Waals surface area contributed by atoms with Gasteiger partial charge in [0.05, 0.1) is 48.8 Å². The van der Waals surface area contributed by atoms with E-state index >= 15 is 0 Å². The van der Waals surface area contributed by atoms with Crippen LogP contribution in [0.4, 0.5) is 28.4 Å². The molecular formula is C49H51N5O7S. The summed E-state index contributed by atoms with van der Waals surface area (Å²) in [7, 11) is 4.89. The number of amides is 3. The fourth-order valence-electron chi connectivity index (χ4n) is 8.97. The Labute approximate surface area is 367 Å². The zero-order valence-electron chi connectivity index (χ0n) is 35.6. The first kappa shape index (κ1) is 41.0. The van der Waals surface area contributed by atoms with Gasteiger partial charge in [-0.2, -0.15) is 12.6 Å². The minimum Gasteiger partial charge on any atom is -0.493 e. The molecule has 4 aliphatic rings. The molecule has 0 radical (unpaired) electrons. The van der Waals surface area contributed by atoms with Crippen molar-refractivity contribution >= 4 is 58.8 Å². The van der Waals surface area contributed by atoms with Crippen LogP contribution in [0.25, 0.3) is 0 Å². The SMILES string of the molecule is COc1cc2c(cc1OCc1cc(COc3cc4c(cc3OC)C(=O)N3c5ccccc5C[C@H]3CN4)cc(N(C)C(=O)CCC(C)(C)S)c1)NCC1Cc3ccccc3N1C2=O. The van der Waals surface area contributed by atoms with E-state index in [0.29, 0.717) is 77.1 Å². The molecule has 0 aromatic heterocycles. The highest BCUT2D eigenvalue weighted by Crippen LogP contribution is 2.43. The van der Waals surface area contributed by atoms with Crippen molar-refractivity contribution in [1.82, 2.24) is 0 Å². The Morgan fingerprint density at radius 3 is 1.63 bits per heavy atom. The Kier molecular flexibility index (Phi) is 10.9. The van der Waals surface area contributed by atoms with E-state index in [1.165, 1.54) is 0 Å². The molecule has 0 aliphatic carbocycles. The predicted molar refractivity (Wildman–Crippen MR) is 245 cm³/mol. The van der Waals surface area contributed by atoms with E-state index in [2.05, 4.69) is 35.4 Å². The van der Waals surface area contributed by atoms with Crippen molar-refractivity contribution in [2.24, 2.45) is 0 Å². The Morgan fingerprint density at radius 2 is 1.18 bits per heavy atom. The molecule has 62 heavy (non-hydrogen) atoms. The van der Waals surface area contributed by atoms with Crippen LogP contribution in [-0.4, -0.2) is 68.9 Å². The molecule has 0 saturated carbocycles. The highest BCUT2D eigenvalue weighted by Gasteiger charge is 2.39. The van der Waals surface area contributed by atoms with Crippen LogP contribution in [0.1, 0.15) is 69.7 Å². The van der Waals surface area contributed by atoms with Gasteiger partial charge in [-0.05, 0) is 84.0 Å². The van der Waals surface area contributed by atoms with Crippen LogP contribution in [0.15, 0.2) is 91.0 Å². The van der Waals surface area contributed by atoms with Crippen molar-refractivity contribution in [2.75, 3.05) is 59.7 Å². The standard InChI is InChI=1S/C49H51N5O7S/c1-49(2,62)15-14-46(55)52(3)33-17-29(27-60-44-23-38-36(21-42(44)58-4)47(56)53-34(25-50-38)19-31-10-6-8-12-40(31)53)16-30(18-33)28-61-45-24-39-37(22-43(45)59-5)48(57)54-35(26-51-39)20-32-11-7-9-13-41(32)54/h6-13,16-18,21-24,34-35,50-51,62H,14-15,19-20,25-28H2,1-5H3/t34-,35?/m0/s1. The third-order valence-corrected chi connectivity index (χ3v) is 12.5. The van der Waals surface area contributed by atoms with Gasteiger partial charge in [-0.1, -0.05) is 50.2 Å². The molecule has 0 fully saturated rings. The largest absolute Gasteiger partial charge is 0.493 e. The summed E-state index contributed by atoms with van der Waals surface area (Å²) >= 11 is 4.64. The van der Waals surface area contributed by atoms with Crippen molar-refractivity contribution in [3.63, 3.8) is 0 Å². The Hall–Kier alpha value is -6.34. The second-order valence-electron chi connectivity index (χ2n) is 17.0. The van der Waals surface area contributed by atoms with E-state index in [1.807, 2.05) is 90.4 Å². The summed E-state index contributed by atoms with van der Waals surface area (Å²) in [4.78, 5) is 47.0. The number of fused-ring (bicyclic) bond motifs is 8. The van der Waals surface area contributed by atoms with E-state index in [1.54, 1.807) is 38.3 Å². The second-order valence-corrected chi connectivity index (χ2v) is 18.2. The van der Waals surface area contributed by atoms with Gasteiger partial charge in [-0.3, -0.25) is 14.4 Å². The molecule has 0 bridgehead atoms. The molecule has 3 amide bonds. The van der Waals surface area contributed by atoms with Crippen LogP contribution in [0.2, 0.25) is 0 Å². The van der Waals surface area contributed by atoms with Crippen molar-refractivity contribution in [1.29, 1.82) is 0 Å². The number of ether oxygens (including phenoxy) is 4. The molecule has 12 nitrogen and oxygen atoms in total. The summed E-state index contributed by atoms with van der Waals surface area (Å²) in [6.45, 7) is 5.42. The summed E-state index contributed by atoms with van der Waals surface area (Å²) in [5, 5.41) is 7.00. The fraction of sp³-hybridized carbons (Fsp3) is 0.327. The molecule has 2 atom stereocenters. The minimum absolute atomic E-state index is 0.00929. The summed E-state index contributed by atoms with van der Waals surface area (Å²) in [6, 6.07) is 29.0. The smallest absolute Gasteiger partial charge is 0.260 e. The van der Waals surface area contributed by atoms with Gasteiger partial charge in [0, 0.05) is 60.5 Å². The number of carbonyl (C=O) groups excluding carboxylic acids is 3. The normalized spacial score (nSPS) is 17.2. The first-order chi connectivity index (χ1) is 29.9. The minimum atomic E-state index is -0.300. The third kappa shape index (κ3) is 7.85. The number of thiol groups is 1. The number of nitrogens with one attached hydrogen (secondary N) is 2. The molecule has 13 heteroatoms. The van der Waals surface area contributed by atoms with E-state index in [0.717, 1.165) is 46.5 Å². The maximum Gasteiger partial charge on any atom is 0.260 e. The van der Waals surface area contributed by atoms with Gasteiger partial charge in [0.2, 0.25) is 5.91 Å². The first-order valence-electron chi connectivity index (χ1n) is 21.0. The number of benzene rings is 5. The van der Waals surface area contributed by atoms with Crippen molar-refractivity contribution in [3.8, 4) is 23.0 Å². The Bertz CT molecular complexity index is 2440. The lowest BCUT2D eigenvalue weighted by molar-refractivity contribution is -0.118. The van der Waals surface area contributed by atoms with Gasteiger partial charge >= 0.3 is 0 Å². The zero-order valence-corrected chi connectivity index (χ0v) is 36.5. The van der Waals surface area contributed by atoms with Gasteiger partial charge in [0.1, 0.15) is 13.2 Å². The quantitative estimate of drug-likeness (QED) is 0.107. The molecule has 1 unspecified atom stereocenters. The van der Waals surface area contributed by atoms with Crippen molar-refractivity contribution < 1.29 is 33.3 Å². The lowest BCUT2D eigenvalue weighted by Gasteiger charge is -2.23. The summed E-state index contributed by atoms with van der Waals surface area (Å²) in [5.74, 6) is 1.58. The predicted octanol–water partition coefficient (Wildman–Crippen LogP) is 8.31. The molecule has 2 N–H and O–H groups in total. The van der Waals surface area contributed by atoms with E-state index in [-0.39, 0.29) is 47.8 Å². The number of para-hydroxylation sites is 2. The highest BCUT2D eigenvalue weighted by atomic mass is 32.1. The average Bonchev–Trinajstić information content (AvgIpc) is 3.77. The number of hydrogen-bond donors (Lipinski definition) is 3. The van der Waals surface area contributed by atoms with Crippen LogP contribution in [0.5, 0.6) is 23.0 Å². The van der Waals surface area contributed by atoms with Gasteiger partial charge in [-0.15, -0.1) is 0 Å². The molecule has 5 aromatic carbocycles. The number of rotatable bonds is 12. The molecule has 0 saturated heterocycles. The average molecular weight is 854 g/mol. The fourth-order valence-corrected chi connectivity index (χ4v) is 9.09. The van der Waals surface area contributed by atoms with Crippen LogP contribution >= 0.6 is 12.6 Å². The molecule has 320 valence electrons. The van der Waals surface area contributed by atoms with Crippen LogP contribution < -0.4 is 44.3 Å². The third-order valence-electron chi connectivity index (χ3n) is 12.2. The summed E-state index contributed by atoms with van der Waals surface area (Å²) in [6.07, 6.45) is 2.49. The van der Waals surface area contributed by atoms with Crippen molar-refractivity contribution in [2.45, 2.75) is 69.6 Å².